The van der Waals surface area contributed by atoms with Crippen LogP contribution < -0.4 is 5.32 Å². The van der Waals surface area contributed by atoms with Gasteiger partial charge in [0.2, 0.25) is 0 Å². The third-order valence-electron chi connectivity index (χ3n) is 4.49. The van der Waals surface area contributed by atoms with E-state index in [1.54, 1.807) is 12.1 Å². The van der Waals surface area contributed by atoms with Crippen molar-refractivity contribution in [3.05, 3.63) is 46.3 Å². The predicted molar refractivity (Wildman–Crippen MR) is 123 cm³/mol. The summed E-state index contributed by atoms with van der Waals surface area (Å²) in [6, 6.07) is 5.37. The van der Waals surface area contributed by atoms with Gasteiger partial charge in [-0.25, -0.2) is 4.79 Å². The minimum absolute atomic E-state index is 0.128. The number of carbonyl (C=O) groups excluding carboxylic acids is 1. The number of hydrogen-bond acceptors (Lipinski definition) is 6. The summed E-state index contributed by atoms with van der Waals surface area (Å²) in [5, 5.41) is 17.6. The van der Waals surface area contributed by atoms with Crippen molar-refractivity contribution < 1.29 is 19.4 Å². The van der Waals surface area contributed by atoms with Gasteiger partial charge in [0, 0.05) is 22.8 Å². The zero-order chi connectivity index (χ0) is 23.5. The van der Waals surface area contributed by atoms with Gasteiger partial charge in [0.05, 0.1) is 28.3 Å². The number of pyridine rings is 1. The highest BCUT2D eigenvalue weighted by molar-refractivity contribution is 6.45. The van der Waals surface area contributed by atoms with Crippen molar-refractivity contribution in [2.24, 2.45) is 0 Å². The molecule has 0 spiro atoms. The molecule has 0 aliphatic carbocycles. The normalized spacial score (nSPS) is 11.7. The number of esters is 1. The van der Waals surface area contributed by atoms with Crippen molar-refractivity contribution in [1.82, 2.24) is 20.1 Å². The summed E-state index contributed by atoms with van der Waals surface area (Å²) in [6.45, 7) is 6.19. The van der Waals surface area contributed by atoms with Gasteiger partial charge in [-0.05, 0) is 57.9 Å². The van der Waals surface area contributed by atoms with Crippen LogP contribution in [0.25, 0.3) is 22.0 Å². The van der Waals surface area contributed by atoms with Crippen LogP contribution in [-0.4, -0.2) is 50.6 Å². The molecule has 0 saturated carbocycles. The van der Waals surface area contributed by atoms with E-state index in [-0.39, 0.29) is 12.5 Å². The molecule has 0 fully saturated rings. The highest BCUT2D eigenvalue weighted by atomic mass is 35.5. The van der Waals surface area contributed by atoms with E-state index in [1.807, 2.05) is 26.8 Å². The van der Waals surface area contributed by atoms with E-state index in [0.29, 0.717) is 40.5 Å². The molecule has 1 aromatic carbocycles. The smallest absolute Gasteiger partial charge is 0.432 e. The van der Waals surface area contributed by atoms with E-state index < -0.39 is 11.7 Å². The van der Waals surface area contributed by atoms with Gasteiger partial charge in [-0.2, -0.15) is 9.78 Å². The van der Waals surface area contributed by atoms with Crippen LogP contribution in [0.4, 0.5) is 4.79 Å². The molecule has 0 aliphatic heterocycles. The van der Waals surface area contributed by atoms with Gasteiger partial charge < -0.3 is 15.2 Å². The molecular formula is C22H24Cl2N4O4. The van der Waals surface area contributed by atoms with Crippen LogP contribution in [0.1, 0.15) is 32.9 Å². The third kappa shape index (κ3) is 5.97. The first-order chi connectivity index (χ1) is 15.0. The minimum Gasteiger partial charge on any atom is -0.463 e. The molecule has 0 amide bonds. The Hall–Kier alpha value is -2.68. The molecule has 0 radical (unpaired) electrons. The summed E-state index contributed by atoms with van der Waals surface area (Å²) in [5.74, 6) is -0.305. The molecule has 8 nitrogen and oxygen atoms in total. The van der Waals surface area contributed by atoms with E-state index in [2.05, 4.69) is 15.4 Å². The third-order valence-corrected chi connectivity index (χ3v) is 5.29. The molecule has 2 heterocycles. The number of halogens is 2. The number of aryl methyl sites for hydroxylation is 1. The van der Waals surface area contributed by atoms with Crippen molar-refractivity contribution in [1.29, 1.82) is 0 Å². The Bertz CT molecular complexity index is 1150. The predicted octanol–water partition coefficient (Wildman–Crippen LogP) is 4.80. The van der Waals surface area contributed by atoms with Gasteiger partial charge >= 0.3 is 12.1 Å². The molecule has 2 aromatic heterocycles. The Balaban J connectivity index is 1.78. The first kappa shape index (κ1) is 24.0. The molecule has 10 heteroatoms. The first-order valence-corrected chi connectivity index (χ1v) is 10.8. The SMILES string of the molecule is CC(C)(C)OC(=O)CNCCCc1cc(-c2cnn(C(=O)O)c2)c2ccc(Cl)c(Cl)c2n1. The van der Waals surface area contributed by atoms with E-state index >= 15 is 0 Å². The van der Waals surface area contributed by atoms with Crippen LogP contribution in [0.15, 0.2) is 30.6 Å². The first-order valence-electron chi connectivity index (χ1n) is 10.0. The summed E-state index contributed by atoms with van der Waals surface area (Å²) in [6.07, 6.45) is 3.07. The Labute approximate surface area is 195 Å². The molecular weight excluding hydrogens is 455 g/mol. The number of nitrogens with one attached hydrogen (secondary N) is 1. The fourth-order valence-electron chi connectivity index (χ4n) is 3.18. The number of rotatable bonds is 7. The largest absolute Gasteiger partial charge is 0.463 e. The van der Waals surface area contributed by atoms with E-state index in [9.17, 15) is 14.7 Å². The zero-order valence-electron chi connectivity index (χ0n) is 18.0. The van der Waals surface area contributed by atoms with Crippen LogP contribution in [0.5, 0.6) is 0 Å². The van der Waals surface area contributed by atoms with Crippen molar-refractivity contribution in [2.75, 3.05) is 13.1 Å². The van der Waals surface area contributed by atoms with Crippen molar-refractivity contribution >= 4 is 46.2 Å². The van der Waals surface area contributed by atoms with Gasteiger partial charge in [0.15, 0.2) is 0 Å². The number of aromatic nitrogens is 3. The molecule has 0 bridgehead atoms. The lowest BCUT2D eigenvalue weighted by Gasteiger charge is -2.19. The van der Waals surface area contributed by atoms with Crippen LogP contribution >= 0.6 is 23.2 Å². The van der Waals surface area contributed by atoms with E-state index in [4.69, 9.17) is 27.9 Å². The van der Waals surface area contributed by atoms with Crippen LogP contribution in [0.2, 0.25) is 10.0 Å². The molecule has 0 atom stereocenters. The van der Waals surface area contributed by atoms with Crippen molar-refractivity contribution in [3.63, 3.8) is 0 Å². The second kappa shape index (κ2) is 9.85. The quantitative estimate of drug-likeness (QED) is 0.371. The average molecular weight is 479 g/mol. The monoisotopic (exact) mass is 478 g/mol. The fraction of sp³-hybridized carbons (Fsp3) is 0.364. The lowest BCUT2D eigenvalue weighted by molar-refractivity contribution is -0.153. The number of nitrogens with zero attached hydrogens (tertiary/aromatic N) is 3. The Morgan fingerprint density at radius 2 is 2.00 bits per heavy atom. The molecule has 3 aromatic rings. The van der Waals surface area contributed by atoms with E-state index in [1.165, 1.54) is 12.4 Å². The maximum Gasteiger partial charge on any atom is 0.432 e. The number of carbonyl (C=O) groups is 2. The van der Waals surface area contributed by atoms with E-state index in [0.717, 1.165) is 21.3 Å². The summed E-state index contributed by atoms with van der Waals surface area (Å²) in [7, 11) is 0. The van der Waals surface area contributed by atoms with Crippen molar-refractivity contribution in [3.8, 4) is 11.1 Å². The second-order valence-corrected chi connectivity index (χ2v) is 9.03. The van der Waals surface area contributed by atoms with Gasteiger partial charge in [-0.1, -0.05) is 29.3 Å². The van der Waals surface area contributed by atoms with Gasteiger partial charge in [-0.3, -0.25) is 9.78 Å². The lowest BCUT2D eigenvalue weighted by atomic mass is 10.0. The highest BCUT2D eigenvalue weighted by Gasteiger charge is 2.17. The summed E-state index contributed by atoms with van der Waals surface area (Å²) in [4.78, 5) is 27.7. The summed E-state index contributed by atoms with van der Waals surface area (Å²) in [5.41, 5.74) is 2.18. The number of hydrogen-bond donors (Lipinski definition) is 2. The second-order valence-electron chi connectivity index (χ2n) is 8.24. The molecule has 32 heavy (non-hydrogen) atoms. The maximum absolute atomic E-state index is 11.8. The molecule has 0 unspecified atom stereocenters. The molecule has 0 saturated heterocycles. The standard InChI is InChI=1S/C22H24Cl2N4O4/c1-22(2,3)32-18(29)11-25-8-4-5-14-9-16(13-10-26-28(12-13)21(30)31)15-6-7-17(23)19(24)20(15)27-14/h6-7,9-10,12,25H,4-5,8,11H2,1-3H3,(H,30,31). The topological polar surface area (TPSA) is 106 Å². The lowest BCUT2D eigenvalue weighted by Crippen LogP contribution is -2.32. The number of carboxylic acid groups (broad SMARTS) is 1. The molecule has 170 valence electrons. The fourth-order valence-corrected chi connectivity index (χ4v) is 3.54. The van der Waals surface area contributed by atoms with Crippen LogP contribution in [0.3, 0.4) is 0 Å². The number of ether oxygens (including phenoxy) is 1. The molecule has 0 aliphatic rings. The number of benzene rings is 1. The van der Waals surface area contributed by atoms with Gasteiger partial charge in [-0.15, -0.1) is 0 Å². The zero-order valence-corrected chi connectivity index (χ0v) is 19.5. The average Bonchev–Trinajstić information content (AvgIpc) is 3.19. The number of fused-ring (bicyclic) bond motifs is 1. The minimum atomic E-state index is -1.17. The summed E-state index contributed by atoms with van der Waals surface area (Å²) >= 11 is 12.6. The van der Waals surface area contributed by atoms with Gasteiger partial charge in [0.1, 0.15) is 5.60 Å². The maximum atomic E-state index is 11.8. The van der Waals surface area contributed by atoms with Crippen LogP contribution in [-0.2, 0) is 16.0 Å². The highest BCUT2D eigenvalue weighted by Crippen LogP contribution is 2.35. The van der Waals surface area contributed by atoms with Crippen molar-refractivity contribution in [2.45, 2.75) is 39.2 Å². The Morgan fingerprint density at radius 3 is 2.66 bits per heavy atom. The summed E-state index contributed by atoms with van der Waals surface area (Å²) < 4.78 is 6.11. The molecule has 2 N–H and O–H groups in total. The Morgan fingerprint density at radius 1 is 1.25 bits per heavy atom. The van der Waals surface area contributed by atoms with Gasteiger partial charge in [0.25, 0.3) is 0 Å². The van der Waals surface area contributed by atoms with Crippen LogP contribution in [0, 0.1) is 0 Å². The Kier molecular flexibility index (Phi) is 7.38. The molecule has 3 rings (SSSR count).